The van der Waals surface area contributed by atoms with Crippen molar-refractivity contribution in [2.45, 2.75) is 33.2 Å². The molecular formula is C18H23BrN2O4. The molecule has 7 heteroatoms. The quantitative estimate of drug-likeness (QED) is 0.701. The number of carbonyl (C=O) groups is 2. The summed E-state index contributed by atoms with van der Waals surface area (Å²) in [5, 5.41) is 5.43. The SMILES string of the molecule is COc1ccc(C2NC(=O)NC(C)=C2C(=O)OCCC(C)C)cc1Br. The largest absolute Gasteiger partial charge is 0.496 e. The Morgan fingerprint density at radius 3 is 2.68 bits per heavy atom. The van der Waals surface area contributed by atoms with Crippen LogP contribution in [-0.4, -0.2) is 25.7 Å². The molecule has 0 spiro atoms. The summed E-state index contributed by atoms with van der Waals surface area (Å²) in [6, 6.07) is 4.49. The Morgan fingerprint density at radius 1 is 1.36 bits per heavy atom. The monoisotopic (exact) mass is 410 g/mol. The fourth-order valence-electron chi connectivity index (χ4n) is 2.54. The van der Waals surface area contributed by atoms with Gasteiger partial charge in [-0.2, -0.15) is 0 Å². The van der Waals surface area contributed by atoms with E-state index in [0.717, 1.165) is 16.5 Å². The molecule has 25 heavy (non-hydrogen) atoms. The molecule has 6 nitrogen and oxygen atoms in total. The highest BCUT2D eigenvalue weighted by molar-refractivity contribution is 9.10. The van der Waals surface area contributed by atoms with Crippen molar-refractivity contribution in [1.82, 2.24) is 10.6 Å². The summed E-state index contributed by atoms with van der Waals surface area (Å²) in [6.07, 6.45) is 0.788. The van der Waals surface area contributed by atoms with Gasteiger partial charge in [-0.05, 0) is 52.9 Å². The molecule has 2 amide bonds. The van der Waals surface area contributed by atoms with E-state index in [2.05, 4.69) is 40.4 Å². The van der Waals surface area contributed by atoms with Gasteiger partial charge >= 0.3 is 12.0 Å². The standard InChI is InChI=1S/C18H23BrN2O4/c1-10(2)7-8-25-17(22)15-11(3)20-18(23)21-16(15)12-5-6-14(24-4)13(19)9-12/h5-6,9-10,16H,7-8H2,1-4H3,(H2,20,21,23). The Bertz CT molecular complexity index is 700. The molecule has 1 heterocycles. The lowest BCUT2D eigenvalue weighted by molar-refractivity contribution is -0.139. The molecule has 1 aliphatic heterocycles. The van der Waals surface area contributed by atoms with Crippen LogP contribution in [0.3, 0.4) is 0 Å². The zero-order valence-electron chi connectivity index (χ0n) is 14.8. The lowest BCUT2D eigenvalue weighted by Crippen LogP contribution is -2.45. The third-order valence-electron chi connectivity index (χ3n) is 3.93. The number of halogens is 1. The van der Waals surface area contributed by atoms with Crippen LogP contribution in [0.25, 0.3) is 0 Å². The van der Waals surface area contributed by atoms with Crippen molar-refractivity contribution < 1.29 is 19.1 Å². The molecule has 0 fully saturated rings. The van der Waals surface area contributed by atoms with E-state index >= 15 is 0 Å². The highest BCUT2D eigenvalue weighted by atomic mass is 79.9. The number of esters is 1. The Hall–Kier alpha value is -2.02. The smallest absolute Gasteiger partial charge is 0.338 e. The van der Waals surface area contributed by atoms with E-state index in [1.54, 1.807) is 20.1 Å². The minimum Gasteiger partial charge on any atom is -0.496 e. The first kappa shape index (κ1) is 19.3. The van der Waals surface area contributed by atoms with Crippen molar-refractivity contribution in [2.24, 2.45) is 5.92 Å². The van der Waals surface area contributed by atoms with Gasteiger partial charge in [0.1, 0.15) is 5.75 Å². The Morgan fingerprint density at radius 2 is 2.08 bits per heavy atom. The molecule has 0 saturated heterocycles. The molecule has 0 aliphatic carbocycles. The van der Waals surface area contributed by atoms with Crippen molar-refractivity contribution in [2.75, 3.05) is 13.7 Å². The van der Waals surface area contributed by atoms with Crippen LogP contribution in [0.5, 0.6) is 5.75 Å². The topological polar surface area (TPSA) is 76.7 Å². The second-order valence-corrected chi connectivity index (χ2v) is 7.14. The van der Waals surface area contributed by atoms with Gasteiger partial charge in [0.2, 0.25) is 0 Å². The molecule has 1 aromatic carbocycles. The molecule has 0 radical (unpaired) electrons. The maximum absolute atomic E-state index is 12.6. The van der Waals surface area contributed by atoms with Gasteiger partial charge < -0.3 is 20.1 Å². The van der Waals surface area contributed by atoms with Crippen LogP contribution in [-0.2, 0) is 9.53 Å². The van der Waals surface area contributed by atoms with Crippen LogP contribution < -0.4 is 15.4 Å². The van der Waals surface area contributed by atoms with Crippen molar-refractivity contribution >= 4 is 27.9 Å². The number of amides is 2. The zero-order valence-corrected chi connectivity index (χ0v) is 16.4. The van der Waals surface area contributed by atoms with Gasteiger partial charge in [-0.1, -0.05) is 19.9 Å². The fraction of sp³-hybridized carbons (Fsp3) is 0.444. The molecule has 1 unspecified atom stereocenters. The summed E-state index contributed by atoms with van der Waals surface area (Å²) >= 11 is 3.43. The average molecular weight is 411 g/mol. The molecule has 136 valence electrons. The van der Waals surface area contributed by atoms with Crippen molar-refractivity contribution in [1.29, 1.82) is 0 Å². The predicted molar refractivity (Wildman–Crippen MR) is 98.2 cm³/mol. The van der Waals surface area contributed by atoms with Crippen LogP contribution in [0.15, 0.2) is 33.9 Å². The van der Waals surface area contributed by atoms with E-state index in [0.29, 0.717) is 29.5 Å². The van der Waals surface area contributed by atoms with Crippen LogP contribution in [0.2, 0.25) is 0 Å². The minimum absolute atomic E-state index is 0.347. The number of rotatable bonds is 6. The summed E-state index contributed by atoms with van der Waals surface area (Å²) in [4.78, 5) is 24.5. The maximum Gasteiger partial charge on any atom is 0.338 e. The molecule has 1 atom stereocenters. The van der Waals surface area contributed by atoms with Gasteiger partial charge in [0.05, 0.1) is 29.8 Å². The van der Waals surface area contributed by atoms with Gasteiger partial charge in [0, 0.05) is 5.70 Å². The molecule has 0 saturated carbocycles. The van der Waals surface area contributed by atoms with E-state index < -0.39 is 12.0 Å². The Balaban J connectivity index is 2.30. The van der Waals surface area contributed by atoms with E-state index in [1.807, 2.05) is 12.1 Å². The molecular weight excluding hydrogens is 388 g/mol. The average Bonchev–Trinajstić information content (AvgIpc) is 2.53. The Labute approximate surface area is 156 Å². The van der Waals surface area contributed by atoms with Crippen molar-refractivity contribution in [3.05, 3.63) is 39.5 Å². The number of allylic oxidation sites excluding steroid dienone is 1. The van der Waals surface area contributed by atoms with E-state index in [-0.39, 0.29) is 6.03 Å². The van der Waals surface area contributed by atoms with Crippen molar-refractivity contribution in [3.63, 3.8) is 0 Å². The van der Waals surface area contributed by atoms with Crippen LogP contribution in [0.1, 0.15) is 38.8 Å². The van der Waals surface area contributed by atoms with Gasteiger partial charge in [0.15, 0.2) is 0 Å². The molecule has 1 aromatic rings. The number of hydrogen-bond acceptors (Lipinski definition) is 4. The van der Waals surface area contributed by atoms with Gasteiger partial charge in [-0.25, -0.2) is 9.59 Å². The Kier molecular flexibility index (Phi) is 6.47. The highest BCUT2D eigenvalue weighted by Crippen LogP contribution is 2.33. The lowest BCUT2D eigenvalue weighted by Gasteiger charge is -2.28. The molecule has 1 aliphatic rings. The number of urea groups is 1. The number of nitrogens with one attached hydrogen (secondary N) is 2. The van der Waals surface area contributed by atoms with E-state index in [1.165, 1.54) is 0 Å². The number of benzene rings is 1. The van der Waals surface area contributed by atoms with E-state index in [4.69, 9.17) is 9.47 Å². The van der Waals surface area contributed by atoms with Crippen LogP contribution >= 0.6 is 15.9 Å². The summed E-state index contributed by atoms with van der Waals surface area (Å²) < 4.78 is 11.4. The first-order chi connectivity index (χ1) is 11.8. The third-order valence-corrected chi connectivity index (χ3v) is 4.55. The molecule has 2 N–H and O–H groups in total. The van der Waals surface area contributed by atoms with Crippen molar-refractivity contribution in [3.8, 4) is 5.75 Å². The summed E-state index contributed by atoms with van der Waals surface area (Å²) in [5.41, 5.74) is 1.66. The summed E-state index contributed by atoms with van der Waals surface area (Å²) in [6.45, 7) is 6.18. The third kappa shape index (κ3) is 4.75. The number of ether oxygens (including phenoxy) is 2. The van der Waals surface area contributed by atoms with Gasteiger partial charge in [-0.3, -0.25) is 0 Å². The first-order valence-electron chi connectivity index (χ1n) is 8.12. The molecule has 0 bridgehead atoms. The van der Waals surface area contributed by atoms with Crippen LogP contribution in [0, 0.1) is 5.92 Å². The first-order valence-corrected chi connectivity index (χ1v) is 8.91. The fourth-order valence-corrected chi connectivity index (χ4v) is 3.10. The number of methoxy groups -OCH3 is 1. The zero-order chi connectivity index (χ0) is 18.6. The normalized spacial score (nSPS) is 17.2. The predicted octanol–water partition coefficient (Wildman–Crippen LogP) is 3.67. The molecule has 0 aromatic heterocycles. The number of carbonyl (C=O) groups excluding carboxylic acids is 2. The summed E-state index contributed by atoms with van der Waals surface area (Å²) in [5.74, 6) is 0.689. The number of hydrogen-bond donors (Lipinski definition) is 2. The molecule has 2 rings (SSSR count). The maximum atomic E-state index is 12.6. The highest BCUT2D eigenvalue weighted by Gasteiger charge is 2.32. The van der Waals surface area contributed by atoms with Gasteiger partial charge in [0.25, 0.3) is 0 Å². The van der Waals surface area contributed by atoms with Gasteiger partial charge in [-0.15, -0.1) is 0 Å². The minimum atomic E-state index is -0.581. The summed E-state index contributed by atoms with van der Waals surface area (Å²) in [7, 11) is 1.58. The van der Waals surface area contributed by atoms with Crippen LogP contribution in [0.4, 0.5) is 4.79 Å². The van der Waals surface area contributed by atoms with E-state index in [9.17, 15) is 9.59 Å². The second-order valence-electron chi connectivity index (χ2n) is 6.28. The lowest BCUT2D eigenvalue weighted by atomic mass is 9.95. The second kappa shape index (κ2) is 8.38.